The van der Waals surface area contributed by atoms with Gasteiger partial charge in [-0.3, -0.25) is 9.59 Å². The van der Waals surface area contributed by atoms with Crippen molar-refractivity contribution in [2.75, 3.05) is 19.8 Å². The monoisotopic (exact) mass is 531 g/mol. The highest BCUT2D eigenvalue weighted by Gasteiger charge is 2.18. The second-order valence-electron chi connectivity index (χ2n) is 6.95. The minimum Gasteiger partial charge on any atom is -0.371 e. The van der Waals surface area contributed by atoms with Gasteiger partial charge in [0.15, 0.2) is 0 Å². The molecule has 0 fully saturated rings. The third-order valence-electron chi connectivity index (χ3n) is 3.11. The lowest BCUT2D eigenvalue weighted by Crippen LogP contribution is -2.28. The molecule has 4 N–H and O–H groups in total. The molecule has 203 valence electrons. The Morgan fingerprint density at radius 1 is 0.576 bits per heavy atom. The zero-order valence-electron chi connectivity index (χ0n) is 22.5. The van der Waals surface area contributed by atoms with E-state index in [0.717, 1.165) is 58.3 Å². The van der Waals surface area contributed by atoms with Gasteiger partial charge in [-0.1, -0.05) is 125 Å². The number of amides is 2. The number of primary amides is 2. The third kappa shape index (κ3) is 89.2. The topological polar surface area (TPSA) is 114 Å². The average Bonchev–Trinajstić information content (AvgIpc) is 2.72. The highest BCUT2D eigenvalue weighted by molar-refractivity contribution is 7.96. The van der Waals surface area contributed by atoms with E-state index >= 15 is 0 Å². The van der Waals surface area contributed by atoms with Crippen molar-refractivity contribution >= 4 is 45.3 Å². The molecule has 0 aliphatic heterocycles. The summed E-state index contributed by atoms with van der Waals surface area (Å²) in [6.07, 6.45) is 13.5. The molecule has 10 heteroatoms. The molecular formula is C23H55N2O5S2Si. The highest BCUT2D eigenvalue weighted by Crippen LogP contribution is 2.00. The first-order chi connectivity index (χ1) is 15.6. The molecule has 0 bridgehead atoms. The van der Waals surface area contributed by atoms with Crippen molar-refractivity contribution in [3.63, 3.8) is 0 Å². The Kier molecular flexibility index (Phi) is 58.8. The van der Waals surface area contributed by atoms with E-state index in [1.165, 1.54) is 32.1 Å². The van der Waals surface area contributed by atoms with Gasteiger partial charge in [0.05, 0.1) is 0 Å². The lowest BCUT2D eigenvalue weighted by molar-refractivity contribution is 0.0899. The minimum atomic E-state index is -1.46. The van der Waals surface area contributed by atoms with Crippen LogP contribution in [0.15, 0.2) is 0 Å². The standard InChI is InChI=1S/C12H27O3Si.C6H14.C3H8.2CH3NOS/c1-4-7-10-13-16(14-11-8-5-2)15-12-9-6-3;1-3-5-6-4-2;1-3-2;2*2-1(3)4/h4-12H2,1-3H3;3-6H2,1-2H3;3H2,1-2H3;2*(H3,2,3,4). The van der Waals surface area contributed by atoms with Gasteiger partial charge in [-0.25, -0.2) is 0 Å². The average molecular weight is 532 g/mol. The second-order valence-corrected chi connectivity index (χ2v) is 9.19. The summed E-state index contributed by atoms with van der Waals surface area (Å²) in [7, 11) is -1.46. The molecule has 1 radical (unpaired) electrons. The number of carbonyl (C=O) groups excluding carboxylic acids is 2. The van der Waals surface area contributed by atoms with Gasteiger partial charge in [0.25, 0.3) is 10.5 Å². The summed E-state index contributed by atoms with van der Waals surface area (Å²) in [6, 6.07) is 0. The van der Waals surface area contributed by atoms with E-state index < -0.39 is 20.0 Å². The number of nitrogens with two attached hydrogens (primary N) is 2. The van der Waals surface area contributed by atoms with Gasteiger partial charge in [0.1, 0.15) is 0 Å². The van der Waals surface area contributed by atoms with E-state index in [4.69, 9.17) is 22.9 Å². The summed E-state index contributed by atoms with van der Waals surface area (Å²) < 4.78 is 16.9. The normalized spacial score (nSPS) is 9.15. The predicted octanol–water partition coefficient (Wildman–Crippen LogP) is 7.41. The van der Waals surface area contributed by atoms with Crippen molar-refractivity contribution in [1.82, 2.24) is 0 Å². The molecule has 0 atom stereocenters. The third-order valence-corrected chi connectivity index (χ3v) is 4.43. The first-order valence-electron chi connectivity index (χ1n) is 12.4. The van der Waals surface area contributed by atoms with Crippen LogP contribution in [0.25, 0.3) is 0 Å². The van der Waals surface area contributed by atoms with Crippen LogP contribution in [0.3, 0.4) is 0 Å². The molecule has 0 aromatic rings. The molecule has 0 aliphatic rings. The van der Waals surface area contributed by atoms with Gasteiger partial charge >= 0.3 is 9.53 Å². The van der Waals surface area contributed by atoms with E-state index in [0.29, 0.717) is 0 Å². The molecule has 0 rings (SSSR count). The van der Waals surface area contributed by atoms with Crippen LogP contribution in [-0.2, 0) is 13.3 Å². The molecule has 7 nitrogen and oxygen atoms in total. The molecule has 0 aromatic heterocycles. The lowest BCUT2D eigenvalue weighted by Gasteiger charge is -2.14. The smallest absolute Gasteiger partial charge is 0.371 e. The van der Waals surface area contributed by atoms with Crippen LogP contribution in [-0.4, -0.2) is 39.8 Å². The zero-order chi connectivity index (χ0) is 26.8. The van der Waals surface area contributed by atoms with Crippen molar-refractivity contribution < 1.29 is 22.9 Å². The molecular weight excluding hydrogens is 476 g/mol. The number of rotatable bonds is 15. The van der Waals surface area contributed by atoms with E-state index in [1.54, 1.807) is 0 Å². The predicted molar refractivity (Wildman–Crippen MR) is 151 cm³/mol. The summed E-state index contributed by atoms with van der Waals surface area (Å²) in [5, 5.41) is -1.28. The highest BCUT2D eigenvalue weighted by atomic mass is 32.1. The Bertz CT molecular complexity index is 311. The van der Waals surface area contributed by atoms with Gasteiger partial charge < -0.3 is 24.7 Å². The van der Waals surface area contributed by atoms with Gasteiger partial charge in [0.2, 0.25) is 0 Å². The van der Waals surface area contributed by atoms with E-state index in [-0.39, 0.29) is 0 Å². The SMILES string of the molecule is CCC.CCCCCC.CCCCO[Si](OCCCC)OCCCC.NC(=O)S.NC(=O)S. The minimum absolute atomic E-state index is 0.639. The van der Waals surface area contributed by atoms with Crippen LogP contribution in [0.4, 0.5) is 9.59 Å². The van der Waals surface area contributed by atoms with Crippen LogP contribution >= 0.6 is 25.3 Å². The quantitative estimate of drug-likeness (QED) is 0.0997. The number of hydrogen-bond donors (Lipinski definition) is 4. The van der Waals surface area contributed by atoms with Gasteiger partial charge in [-0.05, 0) is 19.3 Å². The largest absolute Gasteiger partial charge is 0.577 e. The molecule has 0 aromatic carbocycles. The van der Waals surface area contributed by atoms with Crippen LogP contribution in [0, 0.1) is 0 Å². The molecule has 0 aliphatic carbocycles. The Labute approximate surface area is 218 Å². The Morgan fingerprint density at radius 2 is 0.758 bits per heavy atom. The molecule has 2 amide bonds. The zero-order valence-corrected chi connectivity index (χ0v) is 25.3. The van der Waals surface area contributed by atoms with E-state index in [2.05, 4.69) is 85.2 Å². The van der Waals surface area contributed by atoms with Crippen molar-refractivity contribution in [3.8, 4) is 0 Å². The molecule has 0 heterocycles. The van der Waals surface area contributed by atoms with Crippen molar-refractivity contribution in [2.24, 2.45) is 11.5 Å². The van der Waals surface area contributed by atoms with Gasteiger partial charge in [-0.15, -0.1) is 0 Å². The summed E-state index contributed by atoms with van der Waals surface area (Å²) in [5.41, 5.74) is 8.67. The summed E-state index contributed by atoms with van der Waals surface area (Å²) in [4.78, 5) is 18.2. The van der Waals surface area contributed by atoms with Crippen molar-refractivity contribution in [3.05, 3.63) is 0 Å². The molecule has 0 unspecified atom stereocenters. The number of unbranched alkanes of at least 4 members (excludes halogenated alkanes) is 6. The number of hydrogen-bond acceptors (Lipinski definition) is 5. The van der Waals surface area contributed by atoms with Crippen LogP contribution < -0.4 is 11.5 Å². The molecule has 33 heavy (non-hydrogen) atoms. The fourth-order valence-electron chi connectivity index (χ4n) is 1.52. The fourth-order valence-corrected chi connectivity index (χ4v) is 2.71. The fraction of sp³-hybridized carbons (Fsp3) is 0.913. The summed E-state index contributed by atoms with van der Waals surface area (Å²) in [6.45, 7) is 17.5. The Morgan fingerprint density at radius 3 is 0.909 bits per heavy atom. The first kappa shape index (κ1) is 42.9. The number of carbonyl (C=O) groups is 2. The molecule has 0 spiro atoms. The summed E-state index contributed by atoms with van der Waals surface area (Å²) in [5.74, 6) is 0. The van der Waals surface area contributed by atoms with Crippen molar-refractivity contribution in [1.29, 1.82) is 0 Å². The van der Waals surface area contributed by atoms with Gasteiger partial charge in [-0.2, -0.15) is 0 Å². The molecule has 0 saturated carbocycles. The second kappa shape index (κ2) is 45.3. The Balaban J connectivity index is -0.000000125. The Hall–Kier alpha value is -0.263. The first-order valence-corrected chi connectivity index (χ1v) is 14.5. The maximum Gasteiger partial charge on any atom is 0.577 e. The van der Waals surface area contributed by atoms with Gasteiger partial charge in [0, 0.05) is 19.8 Å². The number of thiol groups is 2. The van der Waals surface area contributed by atoms with Crippen LogP contribution in [0.2, 0.25) is 0 Å². The van der Waals surface area contributed by atoms with E-state index in [9.17, 15) is 0 Å². The van der Waals surface area contributed by atoms with Crippen molar-refractivity contribution in [2.45, 2.75) is 119 Å². The van der Waals surface area contributed by atoms with Crippen LogP contribution in [0.5, 0.6) is 0 Å². The maximum absolute atomic E-state index is 9.09. The maximum atomic E-state index is 9.09. The lowest BCUT2D eigenvalue weighted by atomic mass is 10.2. The molecule has 0 saturated heterocycles. The van der Waals surface area contributed by atoms with Crippen LogP contribution in [0.1, 0.15) is 119 Å². The van der Waals surface area contributed by atoms with E-state index in [1.807, 2.05) is 0 Å². The summed E-state index contributed by atoms with van der Waals surface area (Å²) >= 11 is 6.21.